The third-order valence-electron chi connectivity index (χ3n) is 1.67. The Kier molecular flexibility index (Phi) is 2.55. The fourth-order valence-electron chi connectivity index (χ4n) is 1.03. The van der Waals surface area contributed by atoms with Gasteiger partial charge >= 0.3 is 6.18 Å². The number of rotatable bonds is 0. The van der Waals surface area contributed by atoms with Crippen LogP contribution in [0.5, 0.6) is 0 Å². The number of nitrogens with one attached hydrogen (secondary N) is 3. The topological polar surface area (TPSA) is 63.0 Å². The Morgan fingerprint density at radius 3 is 2.54 bits per heavy atom. The number of hydrogen-bond acceptors (Lipinski definition) is 3. The van der Waals surface area contributed by atoms with Gasteiger partial charge in [-0.2, -0.15) is 13.2 Å². The highest BCUT2D eigenvalue weighted by Gasteiger charge is 2.40. The summed E-state index contributed by atoms with van der Waals surface area (Å²) in [5.74, 6) is -1.67. The van der Waals surface area contributed by atoms with Gasteiger partial charge in [-0.05, 0) is 0 Å². The van der Waals surface area contributed by atoms with Crippen molar-refractivity contribution < 1.29 is 13.2 Å². The van der Waals surface area contributed by atoms with Crippen molar-refractivity contribution in [1.82, 2.24) is 10.2 Å². The van der Waals surface area contributed by atoms with Crippen LogP contribution in [0.3, 0.4) is 0 Å². The van der Waals surface area contributed by atoms with Gasteiger partial charge < -0.3 is 10.2 Å². The van der Waals surface area contributed by atoms with Gasteiger partial charge in [0, 0.05) is 13.1 Å². The minimum absolute atomic E-state index is 0.0250. The van der Waals surface area contributed by atoms with Gasteiger partial charge in [-0.3, -0.25) is 10.8 Å². The van der Waals surface area contributed by atoms with Crippen LogP contribution >= 0.6 is 0 Å². The summed E-state index contributed by atoms with van der Waals surface area (Å²) >= 11 is 0. The molecule has 74 valence electrons. The van der Waals surface area contributed by atoms with Crippen LogP contribution in [0.1, 0.15) is 0 Å². The Bertz CT molecular complexity index is 235. The Hall–Kier alpha value is -1.11. The van der Waals surface area contributed by atoms with Crippen LogP contribution in [-0.2, 0) is 0 Å². The molecule has 4 nitrogen and oxygen atoms in total. The van der Waals surface area contributed by atoms with Gasteiger partial charge in [0.1, 0.15) is 5.84 Å². The summed E-state index contributed by atoms with van der Waals surface area (Å²) in [6, 6.07) is 0. The molecule has 0 aromatic carbocycles. The maximum Gasteiger partial charge on any atom is 0.449 e. The fourth-order valence-corrected chi connectivity index (χ4v) is 1.03. The predicted octanol–water partition coefficient (Wildman–Crippen LogP) is 0.408. The quantitative estimate of drug-likeness (QED) is 0.386. The second kappa shape index (κ2) is 3.33. The second-order valence-electron chi connectivity index (χ2n) is 2.62. The van der Waals surface area contributed by atoms with Crippen LogP contribution in [0, 0.1) is 10.8 Å². The molecule has 0 unspecified atom stereocenters. The van der Waals surface area contributed by atoms with E-state index in [1.165, 1.54) is 0 Å². The molecule has 1 heterocycles. The Labute approximate surface area is 72.7 Å². The third-order valence-corrected chi connectivity index (χ3v) is 1.67. The lowest BCUT2D eigenvalue weighted by atomic mass is 10.3. The first-order valence-corrected chi connectivity index (χ1v) is 3.64. The summed E-state index contributed by atoms with van der Waals surface area (Å²) in [5.41, 5.74) is 0. The molecule has 0 atom stereocenters. The molecule has 0 aromatic heterocycles. The number of hydrogen-bond donors (Lipinski definition) is 3. The lowest BCUT2D eigenvalue weighted by Crippen LogP contribution is -2.53. The molecule has 0 radical (unpaired) electrons. The summed E-state index contributed by atoms with van der Waals surface area (Å²) in [4.78, 5) is 0.663. The number of amidine groups is 2. The zero-order chi connectivity index (χ0) is 10.1. The van der Waals surface area contributed by atoms with Gasteiger partial charge in [-0.25, -0.2) is 0 Å². The first-order chi connectivity index (χ1) is 5.93. The van der Waals surface area contributed by atoms with Crippen LogP contribution in [0.4, 0.5) is 13.2 Å². The summed E-state index contributed by atoms with van der Waals surface area (Å²) in [6.45, 7) is 0.469. The van der Waals surface area contributed by atoms with E-state index < -0.39 is 12.0 Å². The summed E-state index contributed by atoms with van der Waals surface area (Å²) < 4.78 is 36.1. The van der Waals surface area contributed by atoms with E-state index in [4.69, 9.17) is 10.8 Å². The van der Waals surface area contributed by atoms with Gasteiger partial charge in [-0.1, -0.05) is 0 Å². The van der Waals surface area contributed by atoms with Crippen LogP contribution in [0.25, 0.3) is 0 Å². The van der Waals surface area contributed by atoms with E-state index in [1.807, 2.05) is 0 Å². The van der Waals surface area contributed by atoms with E-state index in [-0.39, 0.29) is 18.9 Å². The van der Waals surface area contributed by atoms with Crippen molar-refractivity contribution in [1.29, 1.82) is 10.8 Å². The molecule has 0 aliphatic carbocycles. The smallest absolute Gasteiger partial charge is 0.309 e. The number of alkyl halides is 3. The van der Waals surface area contributed by atoms with Crippen molar-refractivity contribution in [3.63, 3.8) is 0 Å². The van der Waals surface area contributed by atoms with Crippen LogP contribution in [0.15, 0.2) is 0 Å². The molecule has 7 heteroatoms. The fraction of sp³-hybridized carbons (Fsp3) is 0.667. The molecule has 1 saturated heterocycles. The summed E-state index contributed by atoms with van der Waals surface area (Å²) in [7, 11) is 0. The molecular weight excluding hydrogens is 185 g/mol. The third kappa shape index (κ3) is 2.18. The molecule has 0 amide bonds. The van der Waals surface area contributed by atoms with E-state index in [0.29, 0.717) is 11.4 Å². The van der Waals surface area contributed by atoms with Crippen molar-refractivity contribution in [3.05, 3.63) is 0 Å². The number of halogens is 3. The van der Waals surface area contributed by atoms with E-state index >= 15 is 0 Å². The monoisotopic (exact) mass is 194 g/mol. The first kappa shape index (κ1) is 9.97. The average Bonchev–Trinajstić information content (AvgIpc) is 2.02. The summed E-state index contributed by atoms with van der Waals surface area (Å²) in [6.07, 6.45) is -4.66. The van der Waals surface area contributed by atoms with Crippen molar-refractivity contribution in [3.8, 4) is 0 Å². The highest BCUT2D eigenvalue weighted by atomic mass is 19.4. The number of piperazine rings is 1. The van der Waals surface area contributed by atoms with E-state index in [9.17, 15) is 13.2 Å². The molecule has 0 aromatic rings. The van der Waals surface area contributed by atoms with Gasteiger partial charge in [0.05, 0.1) is 6.54 Å². The molecule has 3 N–H and O–H groups in total. The van der Waals surface area contributed by atoms with Gasteiger partial charge in [0.2, 0.25) is 5.84 Å². The van der Waals surface area contributed by atoms with Crippen LogP contribution < -0.4 is 5.32 Å². The maximum absolute atomic E-state index is 12.0. The Morgan fingerprint density at radius 2 is 2.08 bits per heavy atom. The van der Waals surface area contributed by atoms with E-state index in [2.05, 4.69) is 5.32 Å². The number of nitrogens with zero attached hydrogens (tertiary/aromatic N) is 1. The molecule has 1 fully saturated rings. The van der Waals surface area contributed by atoms with Gasteiger partial charge in [0.15, 0.2) is 0 Å². The van der Waals surface area contributed by atoms with Crippen molar-refractivity contribution in [2.75, 3.05) is 19.6 Å². The molecule has 1 rings (SSSR count). The average molecular weight is 194 g/mol. The van der Waals surface area contributed by atoms with E-state index in [0.717, 1.165) is 0 Å². The van der Waals surface area contributed by atoms with Crippen molar-refractivity contribution in [2.45, 2.75) is 6.18 Å². The summed E-state index contributed by atoms with van der Waals surface area (Å²) in [5, 5.41) is 16.7. The van der Waals surface area contributed by atoms with Crippen LogP contribution in [-0.4, -0.2) is 42.4 Å². The van der Waals surface area contributed by atoms with Gasteiger partial charge in [-0.15, -0.1) is 0 Å². The highest BCUT2D eigenvalue weighted by Crippen LogP contribution is 2.19. The molecule has 0 bridgehead atoms. The standard InChI is InChI=1S/C6H9F3N4/c7-6(8,9)5(11)13-2-1-12-3-4(13)10/h10-12H,1-3H2. The molecule has 0 spiro atoms. The normalized spacial score (nSPS) is 19.0. The molecule has 1 aliphatic rings. The predicted molar refractivity (Wildman–Crippen MR) is 41.1 cm³/mol. The largest absolute Gasteiger partial charge is 0.449 e. The van der Waals surface area contributed by atoms with Crippen LogP contribution in [0.2, 0.25) is 0 Å². The second-order valence-corrected chi connectivity index (χ2v) is 2.62. The molecular formula is C6H9F3N4. The van der Waals surface area contributed by atoms with Gasteiger partial charge in [0.25, 0.3) is 0 Å². The molecule has 0 saturated carbocycles. The lowest BCUT2D eigenvalue weighted by molar-refractivity contribution is -0.0672. The lowest BCUT2D eigenvalue weighted by Gasteiger charge is -2.30. The molecule has 13 heavy (non-hydrogen) atoms. The maximum atomic E-state index is 12.0. The van der Waals surface area contributed by atoms with Crippen molar-refractivity contribution >= 4 is 11.7 Å². The zero-order valence-corrected chi connectivity index (χ0v) is 6.70. The van der Waals surface area contributed by atoms with Crippen molar-refractivity contribution in [2.24, 2.45) is 0 Å². The highest BCUT2D eigenvalue weighted by molar-refractivity contribution is 6.01. The Balaban J connectivity index is 2.70. The Morgan fingerprint density at radius 1 is 1.46 bits per heavy atom. The molecule has 1 aliphatic heterocycles. The first-order valence-electron chi connectivity index (χ1n) is 3.64. The minimum Gasteiger partial charge on any atom is -0.309 e. The zero-order valence-electron chi connectivity index (χ0n) is 6.70. The van der Waals surface area contributed by atoms with E-state index in [1.54, 1.807) is 0 Å². The minimum atomic E-state index is -4.66. The SMILES string of the molecule is N=C1CNCCN1C(=N)C(F)(F)F.